The number of hydrogen-bond donors (Lipinski definition) is 1. The highest BCUT2D eigenvalue weighted by atomic mass is 19.4. The molecule has 0 saturated carbocycles. The first-order valence-corrected chi connectivity index (χ1v) is 7.93. The Hall–Kier alpha value is -2.77. The van der Waals surface area contributed by atoms with Gasteiger partial charge in [0, 0.05) is 6.54 Å². The topological polar surface area (TPSA) is 41.6 Å². The first-order valence-electron chi connectivity index (χ1n) is 7.93. The molecule has 1 N–H and O–H groups in total. The molecule has 0 atom stereocenters. The van der Waals surface area contributed by atoms with Crippen molar-refractivity contribution in [3.8, 4) is 5.75 Å². The molecule has 0 spiro atoms. The van der Waals surface area contributed by atoms with Gasteiger partial charge in [-0.1, -0.05) is 18.2 Å². The number of halogens is 4. The predicted octanol–water partition coefficient (Wildman–Crippen LogP) is 3.36. The van der Waals surface area contributed by atoms with E-state index in [-0.39, 0.29) is 18.7 Å². The number of hydrogen-bond acceptors (Lipinski definition) is 3. The first kappa shape index (κ1) is 18.0. The van der Waals surface area contributed by atoms with Gasteiger partial charge in [0.2, 0.25) is 5.91 Å². The zero-order chi connectivity index (χ0) is 18.7. The Morgan fingerprint density at radius 1 is 1.19 bits per heavy atom. The number of alkyl halides is 3. The van der Waals surface area contributed by atoms with Crippen molar-refractivity contribution in [2.24, 2.45) is 0 Å². The third-order valence-corrected chi connectivity index (χ3v) is 4.01. The van der Waals surface area contributed by atoms with E-state index < -0.39 is 23.5 Å². The van der Waals surface area contributed by atoms with Crippen molar-refractivity contribution >= 4 is 11.6 Å². The Morgan fingerprint density at radius 3 is 2.73 bits per heavy atom. The minimum absolute atomic E-state index is 0.0110. The molecule has 138 valence electrons. The summed E-state index contributed by atoms with van der Waals surface area (Å²) < 4.78 is 57.6. The van der Waals surface area contributed by atoms with Crippen LogP contribution < -0.4 is 15.0 Å². The molecule has 0 bridgehead atoms. The molecule has 0 radical (unpaired) electrons. The smallest absolute Gasteiger partial charge is 0.416 e. The number of carbonyl (C=O) groups is 1. The summed E-state index contributed by atoms with van der Waals surface area (Å²) >= 11 is 0. The molecule has 1 aliphatic heterocycles. The molecule has 2 aromatic carbocycles. The van der Waals surface area contributed by atoms with E-state index in [2.05, 4.69) is 5.32 Å². The van der Waals surface area contributed by atoms with Crippen LogP contribution >= 0.6 is 0 Å². The Labute approximate surface area is 147 Å². The Morgan fingerprint density at radius 2 is 1.96 bits per heavy atom. The number of amides is 1. The highest BCUT2D eigenvalue weighted by Gasteiger charge is 2.33. The van der Waals surface area contributed by atoms with E-state index in [1.54, 1.807) is 11.0 Å². The molecule has 0 aliphatic carbocycles. The predicted molar refractivity (Wildman–Crippen MR) is 87.4 cm³/mol. The maximum atomic E-state index is 13.1. The first-order chi connectivity index (χ1) is 12.3. The van der Waals surface area contributed by atoms with E-state index in [1.807, 2.05) is 18.2 Å². The molecule has 3 rings (SSSR count). The van der Waals surface area contributed by atoms with E-state index in [0.29, 0.717) is 25.0 Å². The van der Waals surface area contributed by atoms with Crippen LogP contribution in [0.1, 0.15) is 11.1 Å². The van der Waals surface area contributed by atoms with E-state index in [9.17, 15) is 22.4 Å². The van der Waals surface area contributed by atoms with Crippen LogP contribution in [0.3, 0.4) is 0 Å². The van der Waals surface area contributed by atoms with E-state index in [1.165, 1.54) is 0 Å². The molecule has 8 heteroatoms. The SMILES string of the molecule is O=C(CN1CCOc2ccccc21)NCc1ccc(F)cc1C(F)(F)F. The Kier molecular flexibility index (Phi) is 5.01. The van der Waals surface area contributed by atoms with Crippen molar-refractivity contribution in [2.75, 3.05) is 24.6 Å². The number of rotatable bonds is 4. The second-order valence-electron chi connectivity index (χ2n) is 5.81. The van der Waals surface area contributed by atoms with Crippen LogP contribution in [0.5, 0.6) is 5.75 Å². The molecule has 0 aromatic heterocycles. The average Bonchev–Trinajstić information content (AvgIpc) is 2.60. The van der Waals surface area contributed by atoms with Crippen molar-refractivity contribution in [3.05, 3.63) is 59.4 Å². The Balaban J connectivity index is 1.66. The van der Waals surface area contributed by atoms with Crippen molar-refractivity contribution in [3.63, 3.8) is 0 Å². The number of nitrogens with zero attached hydrogens (tertiary/aromatic N) is 1. The zero-order valence-corrected chi connectivity index (χ0v) is 13.6. The molecule has 1 aliphatic rings. The normalized spacial score (nSPS) is 13.8. The molecule has 0 unspecified atom stereocenters. The average molecular weight is 368 g/mol. The third kappa shape index (κ3) is 4.07. The fourth-order valence-electron chi connectivity index (χ4n) is 2.78. The van der Waals surface area contributed by atoms with Gasteiger partial charge in [-0.2, -0.15) is 13.2 Å². The highest BCUT2D eigenvalue weighted by Crippen LogP contribution is 2.33. The van der Waals surface area contributed by atoms with E-state index in [4.69, 9.17) is 4.74 Å². The molecule has 26 heavy (non-hydrogen) atoms. The van der Waals surface area contributed by atoms with Crippen LogP contribution in [0, 0.1) is 5.82 Å². The van der Waals surface area contributed by atoms with Gasteiger partial charge in [-0.25, -0.2) is 4.39 Å². The summed E-state index contributed by atoms with van der Waals surface area (Å²) in [5.74, 6) is -0.749. The van der Waals surface area contributed by atoms with Crippen molar-refractivity contribution in [1.29, 1.82) is 0 Å². The van der Waals surface area contributed by atoms with Gasteiger partial charge in [0.1, 0.15) is 18.2 Å². The molecular weight excluding hydrogens is 352 g/mol. The number of para-hydroxylation sites is 2. The van der Waals surface area contributed by atoms with Crippen LogP contribution in [0.2, 0.25) is 0 Å². The summed E-state index contributed by atoms with van der Waals surface area (Å²) in [5, 5.41) is 2.47. The van der Waals surface area contributed by atoms with Gasteiger partial charge in [-0.05, 0) is 29.8 Å². The molecule has 1 amide bonds. The molecule has 0 saturated heterocycles. The fraction of sp³-hybridized carbons (Fsp3) is 0.278. The molecular formula is C18H16F4N2O2. The van der Waals surface area contributed by atoms with Gasteiger partial charge in [0.15, 0.2) is 0 Å². The standard InChI is InChI=1S/C18H16F4N2O2/c19-13-6-5-12(14(9-13)18(20,21)22)10-23-17(25)11-24-7-8-26-16-4-2-1-3-15(16)24/h1-6,9H,7-8,10-11H2,(H,23,25). The summed E-state index contributed by atoms with van der Waals surface area (Å²) in [5.41, 5.74) is -0.518. The summed E-state index contributed by atoms with van der Waals surface area (Å²) in [6.45, 7) is 0.568. The quantitative estimate of drug-likeness (QED) is 0.842. The molecule has 2 aromatic rings. The van der Waals surface area contributed by atoms with Crippen molar-refractivity contribution in [1.82, 2.24) is 5.32 Å². The highest BCUT2D eigenvalue weighted by molar-refractivity contribution is 5.82. The number of fused-ring (bicyclic) bond motifs is 1. The fourth-order valence-corrected chi connectivity index (χ4v) is 2.78. The number of carbonyl (C=O) groups excluding carboxylic acids is 1. The van der Waals surface area contributed by atoms with Crippen LogP contribution in [0.15, 0.2) is 42.5 Å². The molecule has 0 fully saturated rings. The van der Waals surface area contributed by atoms with Gasteiger partial charge in [0.05, 0.1) is 24.3 Å². The molecule has 1 heterocycles. The summed E-state index contributed by atoms with van der Waals surface area (Å²) in [6, 6.07) is 9.62. The second-order valence-corrected chi connectivity index (χ2v) is 5.81. The summed E-state index contributed by atoms with van der Waals surface area (Å²) in [4.78, 5) is 14.0. The zero-order valence-electron chi connectivity index (χ0n) is 13.6. The van der Waals surface area contributed by atoms with Crippen molar-refractivity contribution in [2.45, 2.75) is 12.7 Å². The summed E-state index contributed by atoms with van der Waals surface area (Å²) in [7, 11) is 0. The third-order valence-electron chi connectivity index (χ3n) is 4.01. The van der Waals surface area contributed by atoms with Crippen molar-refractivity contribution < 1.29 is 27.1 Å². The van der Waals surface area contributed by atoms with Crippen LogP contribution in [-0.2, 0) is 17.5 Å². The lowest BCUT2D eigenvalue weighted by molar-refractivity contribution is -0.138. The second kappa shape index (κ2) is 7.23. The van der Waals surface area contributed by atoms with Crippen LogP contribution in [0.25, 0.3) is 0 Å². The van der Waals surface area contributed by atoms with Gasteiger partial charge in [0.25, 0.3) is 0 Å². The maximum absolute atomic E-state index is 13.1. The number of benzene rings is 2. The number of anilines is 1. The van der Waals surface area contributed by atoms with E-state index in [0.717, 1.165) is 17.8 Å². The lowest BCUT2D eigenvalue weighted by Crippen LogP contribution is -2.41. The number of nitrogens with one attached hydrogen (secondary N) is 1. The lowest BCUT2D eigenvalue weighted by Gasteiger charge is -2.30. The lowest BCUT2D eigenvalue weighted by atomic mass is 10.1. The van der Waals surface area contributed by atoms with Crippen LogP contribution in [-0.4, -0.2) is 25.6 Å². The number of ether oxygens (including phenoxy) is 1. The minimum atomic E-state index is -4.69. The van der Waals surface area contributed by atoms with E-state index >= 15 is 0 Å². The Bertz CT molecular complexity index is 808. The minimum Gasteiger partial charge on any atom is -0.490 e. The van der Waals surface area contributed by atoms with Gasteiger partial charge < -0.3 is 15.0 Å². The monoisotopic (exact) mass is 368 g/mol. The van der Waals surface area contributed by atoms with Crippen LogP contribution in [0.4, 0.5) is 23.2 Å². The largest absolute Gasteiger partial charge is 0.490 e. The van der Waals surface area contributed by atoms with Gasteiger partial charge >= 0.3 is 6.18 Å². The summed E-state index contributed by atoms with van der Waals surface area (Å²) in [6.07, 6.45) is -4.69. The van der Waals surface area contributed by atoms with Gasteiger partial charge in [-0.3, -0.25) is 4.79 Å². The maximum Gasteiger partial charge on any atom is 0.416 e. The molecule has 4 nitrogen and oxygen atoms in total. The van der Waals surface area contributed by atoms with Gasteiger partial charge in [-0.15, -0.1) is 0 Å².